The summed E-state index contributed by atoms with van der Waals surface area (Å²) in [5, 5.41) is 13.4. The van der Waals surface area contributed by atoms with Crippen LogP contribution in [0.5, 0.6) is 0 Å². The van der Waals surface area contributed by atoms with Gasteiger partial charge in [-0.25, -0.2) is 9.97 Å². The number of aliphatic hydroxyl groups is 1. The molecule has 8 bridgehead atoms. The maximum absolute atomic E-state index is 13.4. The molecular weight excluding hydrogens is 935 g/mol. The second-order valence-corrected chi connectivity index (χ2v) is 24.1. The Labute approximate surface area is 441 Å². The van der Waals surface area contributed by atoms with Gasteiger partial charge in [0.05, 0.1) is 17.1 Å². The summed E-state index contributed by atoms with van der Waals surface area (Å²) in [4.78, 5) is 22.5. The number of fused-ring (bicyclic) bond motifs is 10. The molecule has 73 heavy (non-hydrogen) atoms. The smallest absolute Gasteiger partial charge is 0.657 e. The second kappa shape index (κ2) is 17.9. The molecule has 1 aliphatic carbocycles. The Balaban J connectivity index is 0.00000611. The number of rotatable bonds is 4. The summed E-state index contributed by atoms with van der Waals surface area (Å²) in [5.74, 6) is -0.174. The van der Waals surface area contributed by atoms with Gasteiger partial charge < -0.3 is 15.1 Å². The van der Waals surface area contributed by atoms with Gasteiger partial charge in [-0.2, -0.15) is 0 Å². The number of hydrogen-bond donors (Lipinski definition) is 1. The Bertz CT molecular complexity index is 3690. The standard InChI is InChI=1S/C67H64N4O.Ni/c1-64(2,3)43-24-18-40(19-25-43)56-49-32-33-50(68-49)57(41-20-26-44(27-21-41)65(4,5)6)52-35-37-54(70-52)59-47-31-30-46(67(10,11)12)38-48(47)55(39-16-14-13-15-17-39)60-61(59)71-62(63(60)72)58(53-36-34-51(56)69-53)42-22-28-45(29-23-42)66(7,8)9;/h13-38,55H,1-12H3,(H-2,68,69,70,71,72);/q-2;+2. The molecular formula is C67H64N4NiO. The summed E-state index contributed by atoms with van der Waals surface area (Å²) in [6.45, 7) is 26.9. The van der Waals surface area contributed by atoms with Crippen LogP contribution in [0.3, 0.4) is 0 Å². The maximum atomic E-state index is 13.4. The fourth-order valence-electron chi connectivity index (χ4n) is 10.7. The van der Waals surface area contributed by atoms with Gasteiger partial charge in [0.1, 0.15) is 11.5 Å². The van der Waals surface area contributed by atoms with Crippen LogP contribution in [0.1, 0.15) is 145 Å². The van der Waals surface area contributed by atoms with Crippen LogP contribution in [0.25, 0.3) is 90.1 Å². The van der Waals surface area contributed by atoms with Crippen molar-refractivity contribution in [3.63, 3.8) is 0 Å². The van der Waals surface area contributed by atoms with E-state index in [-0.39, 0.29) is 49.8 Å². The van der Waals surface area contributed by atoms with E-state index in [1.54, 1.807) is 0 Å². The fourth-order valence-corrected chi connectivity index (χ4v) is 10.7. The zero-order chi connectivity index (χ0) is 50.6. The van der Waals surface area contributed by atoms with Crippen LogP contribution < -0.4 is 9.97 Å². The SMILES string of the molecule is CC(C)(C)c1ccc(-c2c3nc(c(-c4ccc(C(C)(C)C)cc4)c4ccc([n-]4)c4c5nc(c(-c6ccc(C(C)(C)C)cc6)c6ccc2[n-]6)C(O)=C5C(c2ccccc2)c2cc(C(C)(C)C)ccc2-4)C=C3)cc1.[Ni+2]. The van der Waals surface area contributed by atoms with E-state index in [0.29, 0.717) is 11.2 Å². The Morgan fingerprint density at radius 2 is 0.808 bits per heavy atom. The third-order valence-corrected chi connectivity index (χ3v) is 14.9. The number of benzene rings is 5. The van der Waals surface area contributed by atoms with E-state index in [9.17, 15) is 5.11 Å². The molecule has 3 aromatic heterocycles. The van der Waals surface area contributed by atoms with E-state index >= 15 is 0 Å². The monoisotopic (exact) mass is 998 g/mol. The molecule has 0 saturated heterocycles. The maximum Gasteiger partial charge on any atom is 2.00 e. The normalized spacial score (nSPS) is 14.5. The van der Waals surface area contributed by atoms with Crippen molar-refractivity contribution in [1.29, 1.82) is 0 Å². The van der Waals surface area contributed by atoms with E-state index in [1.165, 1.54) is 22.3 Å². The van der Waals surface area contributed by atoms with E-state index in [1.807, 2.05) is 0 Å². The third-order valence-electron chi connectivity index (χ3n) is 14.9. The van der Waals surface area contributed by atoms with Crippen LogP contribution in [0.2, 0.25) is 0 Å². The van der Waals surface area contributed by atoms with E-state index < -0.39 is 0 Å². The van der Waals surface area contributed by atoms with E-state index in [4.69, 9.17) is 19.9 Å². The topological polar surface area (TPSA) is 74.2 Å². The number of hydrogen-bond acceptors (Lipinski definition) is 3. The van der Waals surface area contributed by atoms with Crippen molar-refractivity contribution < 1.29 is 21.6 Å². The van der Waals surface area contributed by atoms with Gasteiger partial charge in [-0.15, -0.1) is 22.1 Å². The predicted octanol–water partition coefficient (Wildman–Crippen LogP) is 17.2. The molecule has 0 radical (unpaired) electrons. The van der Waals surface area contributed by atoms with Gasteiger partial charge in [0.15, 0.2) is 0 Å². The third kappa shape index (κ3) is 8.82. The van der Waals surface area contributed by atoms with Crippen molar-refractivity contribution >= 4 is 45.6 Å². The second-order valence-electron chi connectivity index (χ2n) is 24.1. The first-order valence-electron chi connectivity index (χ1n) is 25.5. The molecule has 1 unspecified atom stereocenters. The van der Waals surface area contributed by atoms with Crippen molar-refractivity contribution in [3.8, 4) is 44.5 Å². The number of aliphatic hydroxyl groups excluding tert-OH is 1. The van der Waals surface area contributed by atoms with Crippen molar-refractivity contribution in [3.05, 3.63) is 202 Å². The molecule has 5 nitrogen and oxygen atoms in total. The molecule has 5 heterocycles. The predicted molar refractivity (Wildman–Crippen MR) is 302 cm³/mol. The van der Waals surface area contributed by atoms with Crippen molar-refractivity contribution in [2.45, 2.75) is 111 Å². The van der Waals surface area contributed by atoms with Crippen LogP contribution in [0, 0.1) is 0 Å². The summed E-state index contributed by atoms with van der Waals surface area (Å²) in [6, 6.07) is 52.4. The fraction of sp³-hybridized carbons (Fsp3) is 0.254. The van der Waals surface area contributed by atoms with Crippen molar-refractivity contribution in [2.75, 3.05) is 0 Å². The summed E-state index contributed by atoms with van der Waals surface area (Å²) in [7, 11) is 0. The van der Waals surface area contributed by atoms with Crippen molar-refractivity contribution in [1.82, 2.24) is 19.9 Å². The molecule has 0 spiro atoms. The zero-order valence-electron chi connectivity index (χ0n) is 44.1. The van der Waals surface area contributed by atoms with Crippen LogP contribution in [0.4, 0.5) is 0 Å². The van der Waals surface area contributed by atoms with Gasteiger partial charge in [-0.1, -0.05) is 229 Å². The van der Waals surface area contributed by atoms with Gasteiger partial charge in [-0.05, 0) is 112 Å². The number of aromatic nitrogens is 4. The first-order chi connectivity index (χ1) is 34.1. The quantitative estimate of drug-likeness (QED) is 0.178. The zero-order valence-corrected chi connectivity index (χ0v) is 45.1. The first-order valence-corrected chi connectivity index (χ1v) is 25.5. The van der Waals surface area contributed by atoms with Crippen LogP contribution in [0.15, 0.2) is 146 Å². The van der Waals surface area contributed by atoms with Gasteiger partial charge in [0.2, 0.25) is 0 Å². The van der Waals surface area contributed by atoms with E-state index in [2.05, 4.69) is 241 Å². The van der Waals surface area contributed by atoms with Gasteiger partial charge in [0.25, 0.3) is 0 Å². The molecule has 6 heteroatoms. The molecule has 8 aromatic rings. The van der Waals surface area contributed by atoms with Gasteiger partial charge >= 0.3 is 16.5 Å². The summed E-state index contributed by atoms with van der Waals surface area (Å²) < 4.78 is 0. The Morgan fingerprint density at radius 1 is 0.411 bits per heavy atom. The summed E-state index contributed by atoms with van der Waals surface area (Å²) in [6.07, 6.45) is 4.27. The molecule has 368 valence electrons. The van der Waals surface area contributed by atoms with E-state index in [0.717, 1.165) is 94.8 Å². The van der Waals surface area contributed by atoms with Gasteiger partial charge in [-0.3, -0.25) is 0 Å². The van der Waals surface area contributed by atoms with Crippen molar-refractivity contribution in [2.24, 2.45) is 0 Å². The summed E-state index contributed by atoms with van der Waals surface area (Å²) in [5.41, 5.74) is 21.1. The Kier molecular flexibility index (Phi) is 12.1. The molecule has 0 saturated carbocycles. The molecule has 5 aromatic carbocycles. The van der Waals surface area contributed by atoms with Crippen LogP contribution >= 0.6 is 0 Å². The molecule has 1 atom stereocenters. The Morgan fingerprint density at radius 3 is 1.25 bits per heavy atom. The minimum atomic E-state index is -0.321. The molecule has 11 rings (SSSR count). The first kappa shape index (κ1) is 49.6. The minimum Gasteiger partial charge on any atom is -0.657 e. The van der Waals surface area contributed by atoms with Crippen LogP contribution in [-0.2, 0) is 38.2 Å². The molecule has 2 aliphatic heterocycles. The molecule has 3 aliphatic rings. The average molecular weight is 1000 g/mol. The minimum absolute atomic E-state index is 0. The largest absolute Gasteiger partial charge is 2.00 e. The Hall–Kier alpha value is -7.01. The molecule has 1 N–H and O–H groups in total. The van der Waals surface area contributed by atoms with Gasteiger partial charge in [0, 0.05) is 11.5 Å². The molecule has 0 fully saturated rings. The van der Waals surface area contributed by atoms with Crippen LogP contribution in [-0.4, -0.2) is 15.1 Å². The number of nitrogens with zero attached hydrogens (tertiary/aromatic N) is 4. The number of allylic oxidation sites excluding steroid dienone is 1. The summed E-state index contributed by atoms with van der Waals surface area (Å²) >= 11 is 0. The molecule has 0 amide bonds. The average Bonchev–Trinajstić information content (AvgIpc) is 4.17.